The Morgan fingerprint density at radius 1 is 1.53 bits per heavy atom. The first-order chi connectivity index (χ1) is 9.17. The second kappa shape index (κ2) is 5.48. The lowest BCUT2D eigenvalue weighted by molar-refractivity contribution is -0.385. The first-order valence-electron chi connectivity index (χ1n) is 6.04. The van der Waals surface area contributed by atoms with E-state index >= 15 is 0 Å². The summed E-state index contributed by atoms with van der Waals surface area (Å²) in [6.07, 6.45) is 3.00. The van der Waals surface area contributed by atoms with Gasteiger partial charge in [-0.3, -0.25) is 14.9 Å². The number of hydrogen-bond acceptors (Lipinski definition) is 5. The average Bonchev–Trinajstić information content (AvgIpc) is 3.23. The number of benzene rings is 1. The quantitative estimate of drug-likeness (QED) is 0.444. The van der Waals surface area contributed by atoms with Crippen molar-refractivity contribution < 1.29 is 9.72 Å². The van der Waals surface area contributed by atoms with Crippen molar-refractivity contribution in [1.82, 2.24) is 0 Å². The summed E-state index contributed by atoms with van der Waals surface area (Å²) in [5.74, 6) is 0. The van der Waals surface area contributed by atoms with Crippen molar-refractivity contribution in [2.75, 3.05) is 11.4 Å². The molecule has 1 aliphatic rings. The van der Waals surface area contributed by atoms with Crippen molar-refractivity contribution in [3.63, 3.8) is 0 Å². The summed E-state index contributed by atoms with van der Waals surface area (Å²) in [5, 5.41) is 19.4. The summed E-state index contributed by atoms with van der Waals surface area (Å²) in [6.45, 7) is 0.581. The van der Waals surface area contributed by atoms with E-state index in [1.54, 1.807) is 6.07 Å². The van der Waals surface area contributed by atoms with Crippen LogP contribution in [0.4, 0.5) is 11.4 Å². The Kier molecular flexibility index (Phi) is 3.76. The normalized spacial score (nSPS) is 13.6. The van der Waals surface area contributed by atoms with Crippen LogP contribution < -0.4 is 4.90 Å². The second-order valence-corrected chi connectivity index (χ2v) is 4.45. The number of carbonyl (C=O) groups excluding carboxylic acids is 1. The van der Waals surface area contributed by atoms with Gasteiger partial charge in [-0.05, 0) is 25.0 Å². The molecule has 0 bridgehead atoms. The van der Waals surface area contributed by atoms with Crippen LogP contribution in [0.25, 0.3) is 0 Å². The number of carbonyl (C=O) groups is 1. The molecule has 0 spiro atoms. The van der Waals surface area contributed by atoms with E-state index in [4.69, 9.17) is 5.26 Å². The molecule has 0 aliphatic heterocycles. The predicted octanol–water partition coefficient (Wildman–Crippen LogP) is 2.29. The van der Waals surface area contributed by atoms with Crippen LogP contribution in [0.1, 0.15) is 29.6 Å². The van der Waals surface area contributed by atoms with Crippen LogP contribution in [0, 0.1) is 21.4 Å². The number of nitriles is 1. The van der Waals surface area contributed by atoms with E-state index in [-0.39, 0.29) is 11.3 Å². The molecule has 2 rings (SSSR count). The third-order valence-electron chi connectivity index (χ3n) is 3.12. The summed E-state index contributed by atoms with van der Waals surface area (Å²) < 4.78 is 0. The van der Waals surface area contributed by atoms with E-state index in [9.17, 15) is 14.9 Å². The van der Waals surface area contributed by atoms with Gasteiger partial charge in [0.2, 0.25) is 0 Å². The predicted molar refractivity (Wildman–Crippen MR) is 69.1 cm³/mol. The number of anilines is 1. The van der Waals surface area contributed by atoms with Crippen molar-refractivity contribution in [1.29, 1.82) is 5.26 Å². The molecule has 6 nitrogen and oxygen atoms in total. The largest absolute Gasteiger partial charge is 0.367 e. The maximum Gasteiger partial charge on any atom is 0.280 e. The molecule has 19 heavy (non-hydrogen) atoms. The summed E-state index contributed by atoms with van der Waals surface area (Å²) in [4.78, 5) is 23.2. The molecule has 1 aromatic carbocycles. The number of nitro benzene ring substituents is 1. The van der Waals surface area contributed by atoms with Crippen LogP contribution in [0.15, 0.2) is 18.2 Å². The molecule has 0 atom stereocenters. The summed E-state index contributed by atoms with van der Waals surface area (Å²) in [7, 11) is 0. The van der Waals surface area contributed by atoms with Crippen molar-refractivity contribution in [2.24, 2.45) is 0 Å². The third-order valence-corrected chi connectivity index (χ3v) is 3.12. The van der Waals surface area contributed by atoms with E-state index in [0.717, 1.165) is 18.5 Å². The lowest BCUT2D eigenvalue weighted by Crippen LogP contribution is -2.26. The summed E-state index contributed by atoms with van der Waals surface area (Å²) in [5.41, 5.74) is 0.658. The van der Waals surface area contributed by atoms with E-state index in [1.807, 2.05) is 4.90 Å². The zero-order valence-electron chi connectivity index (χ0n) is 10.3. The van der Waals surface area contributed by atoms with Gasteiger partial charge in [0.05, 0.1) is 23.0 Å². The average molecular weight is 259 g/mol. The first kappa shape index (κ1) is 13.0. The SMILES string of the molecule is N#CCCN(c1ccc([N+](=O)[O-])c(C=O)c1)C1CC1. The molecule has 1 fully saturated rings. The molecule has 0 amide bonds. The standard InChI is InChI=1S/C13H13N3O3/c14-6-1-7-15(11-2-3-11)12-4-5-13(16(18)19)10(8-12)9-17/h4-5,8-9,11H,1-3,7H2. The Morgan fingerprint density at radius 3 is 2.79 bits per heavy atom. The number of nitro groups is 1. The van der Waals surface area contributed by atoms with Gasteiger partial charge in [-0.1, -0.05) is 0 Å². The van der Waals surface area contributed by atoms with Crippen molar-refractivity contribution in [2.45, 2.75) is 25.3 Å². The highest BCUT2D eigenvalue weighted by Crippen LogP contribution is 2.33. The van der Waals surface area contributed by atoms with Gasteiger partial charge in [0.1, 0.15) is 0 Å². The van der Waals surface area contributed by atoms with Gasteiger partial charge < -0.3 is 4.90 Å². The Bertz CT molecular complexity index is 547. The van der Waals surface area contributed by atoms with E-state index in [2.05, 4.69) is 6.07 Å². The van der Waals surface area contributed by atoms with Gasteiger partial charge in [-0.2, -0.15) is 5.26 Å². The van der Waals surface area contributed by atoms with Gasteiger partial charge in [0.15, 0.2) is 6.29 Å². The zero-order valence-corrected chi connectivity index (χ0v) is 10.3. The highest BCUT2D eigenvalue weighted by molar-refractivity contribution is 5.83. The summed E-state index contributed by atoms with van der Waals surface area (Å²) in [6, 6.07) is 6.99. The van der Waals surface area contributed by atoms with Crippen LogP contribution >= 0.6 is 0 Å². The second-order valence-electron chi connectivity index (χ2n) is 4.45. The van der Waals surface area contributed by atoms with Crippen LogP contribution in [0.3, 0.4) is 0 Å². The van der Waals surface area contributed by atoms with Crippen LogP contribution in [0.2, 0.25) is 0 Å². The maximum atomic E-state index is 10.9. The molecule has 0 aromatic heterocycles. The number of rotatable bonds is 6. The molecular formula is C13H13N3O3. The van der Waals surface area contributed by atoms with E-state index in [1.165, 1.54) is 12.1 Å². The van der Waals surface area contributed by atoms with Gasteiger partial charge in [-0.15, -0.1) is 0 Å². The molecule has 0 N–H and O–H groups in total. The molecule has 1 aliphatic carbocycles. The minimum Gasteiger partial charge on any atom is -0.367 e. The molecular weight excluding hydrogens is 246 g/mol. The number of aldehydes is 1. The fourth-order valence-corrected chi connectivity index (χ4v) is 2.06. The highest BCUT2D eigenvalue weighted by Gasteiger charge is 2.29. The minimum absolute atomic E-state index is 0.0742. The van der Waals surface area contributed by atoms with Gasteiger partial charge in [-0.25, -0.2) is 0 Å². The number of nitrogens with zero attached hydrogens (tertiary/aromatic N) is 3. The number of hydrogen-bond donors (Lipinski definition) is 0. The van der Waals surface area contributed by atoms with Crippen molar-refractivity contribution in [3.05, 3.63) is 33.9 Å². The Hall–Kier alpha value is -2.42. The smallest absolute Gasteiger partial charge is 0.280 e. The van der Waals surface area contributed by atoms with Gasteiger partial charge in [0, 0.05) is 24.3 Å². The molecule has 98 valence electrons. The third kappa shape index (κ3) is 2.88. The minimum atomic E-state index is -0.565. The molecule has 6 heteroatoms. The topological polar surface area (TPSA) is 87.2 Å². The van der Waals surface area contributed by atoms with Crippen molar-refractivity contribution >= 4 is 17.7 Å². The fourth-order valence-electron chi connectivity index (χ4n) is 2.06. The van der Waals surface area contributed by atoms with Crippen LogP contribution in [0.5, 0.6) is 0 Å². The molecule has 1 aromatic rings. The lowest BCUT2D eigenvalue weighted by atomic mass is 10.1. The first-order valence-corrected chi connectivity index (χ1v) is 6.04. The van der Waals surface area contributed by atoms with Crippen molar-refractivity contribution in [3.8, 4) is 6.07 Å². The molecule has 0 heterocycles. The van der Waals surface area contributed by atoms with E-state index < -0.39 is 4.92 Å². The van der Waals surface area contributed by atoms with Crippen LogP contribution in [-0.4, -0.2) is 23.8 Å². The van der Waals surface area contributed by atoms with Crippen LogP contribution in [-0.2, 0) is 0 Å². The Balaban J connectivity index is 2.30. The zero-order chi connectivity index (χ0) is 13.8. The van der Waals surface area contributed by atoms with Gasteiger partial charge in [0.25, 0.3) is 5.69 Å². The molecule has 0 saturated heterocycles. The Morgan fingerprint density at radius 2 is 2.26 bits per heavy atom. The molecule has 0 radical (unpaired) electrons. The molecule has 0 unspecified atom stereocenters. The lowest BCUT2D eigenvalue weighted by Gasteiger charge is -2.23. The fraction of sp³-hybridized carbons (Fsp3) is 0.385. The molecule has 1 saturated carbocycles. The maximum absolute atomic E-state index is 10.9. The Labute approximate surface area is 110 Å². The summed E-state index contributed by atoms with van der Waals surface area (Å²) >= 11 is 0. The monoisotopic (exact) mass is 259 g/mol. The van der Waals surface area contributed by atoms with Gasteiger partial charge >= 0.3 is 0 Å². The highest BCUT2D eigenvalue weighted by atomic mass is 16.6. The van der Waals surface area contributed by atoms with E-state index in [0.29, 0.717) is 25.3 Å².